The van der Waals surface area contributed by atoms with E-state index in [0.717, 1.165) is 18.6 Å². The topological polar surface area (TPSA) is 22.1 Å². The minimum Gasteiger partial charge on any atom is -0.485 e. The van der Waals surface area contributed by atoms with Crippen LogP contribution in [0.3, 0.4) is 0 Å². The van der Waals surface area contributed by atoms with Crippen LogP contribution in [0.4, 0.5) is 0 Å². The van der Waals surface area contributed by atoms with Crippen molar-refractivity contribution in [2.45, 2.75) is 12.8 Å². The molecule has 0 N–H and O–H groups in total. The Hall–Kier alpha value is -1.05. The van der Waals surface area contributed by atoms with Crippen molar-refractivity contribution in [1.29, 1.82) is 0 Å². The Morgan fingerprint density at radius 3 is 3.40 bits per heavy atom. The molecule has 51 valence electrons. The number of nitrogens with zero attached hydrogens (tertiary/aromatic N) is 1. The maximum atomic E-state index is 5.24. The summed E-state index contributed by atoms with van der Waals surface area (Å²) in [6.45, 7) is 1.82. The van der Waals surface area contributed by atoms with Crippen LogP contribution in [0.25, 0.3) is 0 Å². The first-order chi connectivity index (χ1) is 4.97. The normalized spacial score (nSPS) is 15.6. The summed E-state index contributed by atoms with van der Waals surface area (Å²) in [5, 5.41) is 0. The lowest BCUT2D eigenvalue weighted by Crippen LogP contribution is -2.03. The fourth-order valence-electron chi connectivity index (χ4n) is 1.08. The highest BCUT2D eigenvalue weighted by molar-refractivity contribution is 5.31. The molecule has 1 aliphatic heterocycles. The largest absolute Gasteiger partial charge is 0.485 e. The van der Waals surface area contributed by atoms with Gasteiger partial charge in [0.2, 0.25) is 0 Å². The average Bonchev–Trinajstić information content (AvgIpc) is 2.05. The molecule has 2 heteroatoms. The molecule has 1 aliphatic rings. The summed E-state index contributed by atoms with van der Waals surface area (Å²) in [6.07, 6.45) is 5.65. The van der Waals surface area contributed by atoms with Crippen molar-refractivity contribution in [3.05, 3.63) is 30.6 Å². The van der Waals surface area contributed by atoms with Gasteiger partial charge in [-0.25, -0.2) is 0 Å². The first kappa shape index (κ1) is 5.71. The number of hydrogen-bond donors (Lipinski definition) is 0. The molecule has 0 aromatic carbocycles. The zero-order valence-corrected chi connectivity index (χ0v) is 5.58. The van der Waals surface area contributed by atoms with E-state index in [-0.39, 0.29) is 0 Å². The minimum atomic E-state index is 0.911. The van der Waals surface area contributed by atoms with Crippen molar-refractivity contribution >= 4 is 0 Å². The Balaban J connectivity index is 2.41. The number of rotatable bonds is 0. The van der Waals surface area contributed by atoms with Crippen LogP contribution < -0.4 is 4.74 Å². The SMILES string of the molecule is [CH]1CCc2ccncc2O1. The summed E-state index contributed by atoms with van der Waals surface area (Å²) in [4.78, 5) is 3.95. The highest BCUT2D eigenvalue weighted by atomic mass is 16.5. The number of hydrogen-bond acceptors (Lipinski definition) is 2. The van der Waals surface area contributed by atoms with E-state index in [9.17, 15) is 0 Å². The third kappa shape index (κ3) is 0.856. The zero-order chi connectivity index (χ0) is 6.81. The van der Waals surface area contributed by atoms with Gasteiger partial charge in [-0.3, -0.25) is 4.98 Å². The van der Waals surface area contributed by atoms with Crippen molar-refractivity contribution in [1.82, 2.24) is 4.98 Å². The molecule has 2 rings (SSSR count). The maximum Gasteiger partial charge on any atom is 0.141 e. The molecule has 2 heterocycles. The van der Waals surface area contributed by atoms with Crippen molar-refractivity contribution in [3.8, 4) is 5.75 Å². The standard InChI is InChI=1S/C8H8NO/c1-2-7-3-4-9-6-8(7)10-5-1/h3-6H,1-2H2. The first-order valence-corrected chi connectivity index (χ1v) is 3.38. The van der Waals surface area contributed by atoms with E-state index in [1.165, 1.54) is 5.56 Å². The number of fused-ring (bicyclic) bond motifs is 1. The van der Waals surface area contributed by atoms with Crippen molar-refractivity contribution in [2.24, 2.45) is 0 Å². The Kier molecular flexibility index (Phi) is 1.31. The molecule has 0 spiro atoms. The third-order valence-electron chi connectivity index (χ3n) is 1.61. The molecular weight excluding hydrogens is 126 g/mol. The maximum absolute atomic E-state index is 5.24. The molecule has 1 radical (unpaired) electrons. The van der Waals surface area contributed by atoms with Gasteiger partial charge in [0.15, 0.2) is 0 Å². The summed E-state index contributed by atoms with van der Waals surface area (Å²) < 4.78 is 5.24. The summed E-state index contributed by atoms with van der Waals surface area (Å²) in [7, 11) is 0. The van der Waals surface area contributed by atoms with Gasteiger partial charge in [0.05, 0.1) is 6.20 Å². The second kappa shape index (κ2) is 2.29. The van der Waals surface area contributed by atoms with Gasteiger partial charge in [0, 0.05) is 6.20 Å². The van der Waals surface area contributed by atoms with Gasteiger partial charge in [-0.15, -0.1) is 0 Å². The third-order valence-corrected chi connectivity index (χ3v) is 1.61. The van der Waals surface area contributed by atoms with Gasteiger partial charge in [-0.1, -0.05) is 0 Å². The molecular formula is C8H8NO. The van der Waals surface area contributed by atoms with E-state index in [0.29, 0.717) is 0 Å². The van der Waals surface area contributed by atoms with E-state index >= 15 is 0 Å². The monoisotopic (exact) mass is 134 g/mol. The van der Waals surface area contributed by atoms with Crippen LogP contribution in [-0.2, 0) is 6.42 Å². The molecule has 0 atom stereocenters. The van der Waals surface area contributed by atoms with Crippen molar-refractivity contribution in [2.75, 3.05) is 0 Å². The molecule has 2 nitrogen and oxygen atoms in total. The predicted octanol–water partition coefficient (Wildman–Crippen LogP) is 1.57. The van der Waals surface area contributed by atoms with Crippen molar-refractivity contribution in [3.63, 3.8) is 0 Å². The van der Waals surface area contributed by atoms with Gasteiger partial charge in [0.1, 0.15) is 12.4 Å². The van der Waals surface area contributed by atoms with Gasteiger partial charge in [-0.2, -0.15) is 0 Å². The molecule has 0 unspecified atom stereocenters. The Morgan fingerprint density at radius 2 is 2.50 bits per heavy atom. The molecule has 0 fully saturated rings. The van der Waals surface area contributed by atoms with E-state index in [1.807, 2.05) is 12.7 Å². The average molecular weight is 134 g/mol. The molecule has 0 saturated heterocycles. The van der Waals surface area contributed by atoms with Crippen LogP contribution in [0.15, 0.2) is 18.5 Å². The van der Waals surface area contributed by atoms with E-state index < -0.39 is 0 Å². The lowest BCUT2D eigenvalue weighted by molar-refractivity contribution is 0.364. The van der Waals surface area contributed by atoms with Gasteiger partial charge < -0.3 is 4.74 Å². The zero-order valence-electron chi connectivity index (χ0n) is 5.58. The number of ether oxygens (including phenoxy) is 1. The highest BCUT2D eigenvalue weighted by Crippen LogP contribution is 2.23. The van der Waals surface area contributed by atoms with Gasteiger partial charge in [-0.05, 0) is 24.5 Å². The quantitative estimate of drug-likeness (QED) is 0.537. The van der Waals surface area contributed by atoms with Crippen LogP contribution in [0.1, 0.15) is 12.0 Å². The molecule has 0 aliphatic carbocycles. The fraction of sp³-hybridized carbons (Fsp3) is 0.250. The lowest BCUT2D eigenvalue weighted by atomic mass is 10.1. The number of aromatic nitrogens is 1. The van der Waals surface area contributed by atoms with E-state index in [2.05, 4.69) is 4.98 Å². The van der Waals surface area contributed by atoms with E-state index in [4.69, 9.17) is 4.74 Å². The second-order valence-corrected chi connectivity index (χ2v) is 2.31. The van der Waals surface area contributed by atoms with Crippen LogP contribution in [0.2, 0.25) is 0 Å². The molecule has 1 aromatic heterocycles. The number of aryl methyl sites for hydroxylation is 1. The molecule has 1 aromatic rings. The minimum absolute atomic E-state index is 0.911. The fourth-order valence-corrected chi connectivity index (χ4v) is 1.08. The van der Waals surface area contributed by atoms with Crippen LogP contribution >= 0.6 is 0 Å². The van der Waals surface area contributed by atoms with Crippen LogP contribution in [-0.4, -0.2) is 4.98 Å². The van der Waals surface area contributed by atoms with E-state index in [1.54, 1.807) is 12.4 Å². The molecule has 0 bridgehead atoms. The molecule has 0 amide bonds. The van der Waals surface area contributed by atoms with Gasteiger partial charge >= 0.3 is 0 Å². The van der Waals surface area contributed by atoms with Crippen molar-refractivity contribution < 1.29 is 4.74 Å². The first-order valence-electron chi connectivity index (χ1n) is 3.38. The lowest BCUT2D eigenvalue weighted by Gasteiger charge is -2.14. The Labute approximate surface area is 59.9 Å². The summed E-state index contributed by atoms with van der Waals surface area (Å²) in [5.41, 5.74) is 1.26. The smallest absolute Gasteiger partial charge is 0.141 e. The molecule has 10 heavy (non-hydrogen) atoms. The van der Waals surface area contributed by atoms with Crippen LogP contribution in [0.5, 0.6) is 5.75 Å². The second-order valence-electron chi connectivity index (χ2n) is 2.31. The summed E-state index contributed by atoms with van der Waals surface area (Å²) in [6, 6.07) is 2.00. The molecule has 0 saturated carbocycles. The predicted molar refractivity (Wildman–Crippen MR) is 37.5 cm³/mol. The van der Waals surface area contributed by atoms with Crippen LogP contribution in [0, 0.1) is 6.61 Å². The Bertz CT molecular complexity index is 209. The summed E-state index contributed by atoms with van der Waals surface area (Å²) >= 11 is 0. The van der Waals surface area contributed by atoms with Gasteiger partial charge in [0.25, 0.3) is 0 Å². The highest BCUT2D eigenvalue weighted by Gasteiger charge is 2.08. The number of pyridine rings is 1. The Morgan fingerprint density at radius 1 is 1.50 bits per heavy atom. The summed E-state index contributed by atoms with van der Waals surface area (Å²) in [5.74, 6) is 0.911.